The van der Waals surface area contributed by atoms with Crippen molar-refractivity contribution in [2.75, 3.05) is 140 Å². The van der Waals surface area contributed by atoms with Crippen molar-refractivity contribution in [2.24, 2.45) is 0 Å². The molecule has 0 aliphatic carbocycles. The topological polar surface area (TPSA) is 153 Å². The zero-order chi connectivity index (χ0) is 56.7. The van der Waals surface area contributed by atoms with Gasteiger partial charge in [0.2, 0.25) is 0 Å². The number of aliphatic hydroxyl groups is 3. The molecule has 15 nitrogen and oxygen atoms in total. The van der Waals surface area contributed by atoms with E-state index in [2.05, 4.69) is 69.3 Å². The van der Waals surface area contributed by atoms with E-state index in [-0.39, 0.29) is 0 Å². The van der Waals surface area contributed by atoms with Crippen LogP contribution in [0, 0.1) is 0 Å². The average molecular weight is 1110 g/mol. The molecule has 3 N–H and O–H groups in total. The predicted molar refractivity (Wildman–Crippen MR) is 317 cm³/mol. The molecule has 0 spiro atoms. The highest BCUT2D eigenvalue weighted by atomic mass is 16.5. The van der Waals surface area contributed by atoms with Gasteiger partial charge in [0.1, 0.15) is 72.6 Å². The molecule has 1 unspecified atom stereocenters. The van der Waals surface area contributed by atoms with Gasteiger partial charge in [0, 0.05) is 58.9 Å². The van der Waals surface area contributed by atoms with Crippen LogP contribution in [0.4, 0.5) is 0 Å². The fourth-order valence-electron chi connectivity index (χ4n) is 9.84. The lowest BCUT2D eigenvalue weighted by Crippen LogP contribution is -2.42. The van der Waals surface area contributed by atoms with Crippen molar-refractivity contribution in [3.8, 4) is 34.5 Å². The van der Waals surface area contributed by atoms with E-state index in [0.717, 1.165) is 169 Å². The molecule has 6 aromatic carbocycles. The maximum atomic E-state index is 10.3. The molecule has 3 aliphatic heterocycles. The molecule has 3 fully saturated rings. The van der Waals surface area contributed by atoms with Gasteiger partial charge >= 0.3 is 0 Å². The lowest BCUT2D eigenvalue weighted by molar-refractivity contribution is 0.00444. The van der Waals surface area contributed by atoms with Crippen molar-refractivity contribution >= 4 is 0 Å². The molecule has 438 valence electrons. The van der Waals surface area contributed by atoms with Gasteiger partial charge in [-0.3, -0.25) is 14.7 Å². The summed E-state index contributed by atoms with van der Waals surface area (Å²) in [6.07, 6.45) is 3.85. The van der Waals surface area contributed by atoms with Crippen molar-refractivity contribution in [3.05, 3.63) is 179 Å². The molecule has 9 rings (SSSR count). The number of ether oxygens (including phenoxy) is 9. The molecular formula is C66H87N3O12. The molecule has 0 bridgehead atoms. The monoisotopic (exact) mass is 1110 g/mol. The summed E-state index contributed by atoms with van der Waals surface area (Å²) >= 11 is 0. The van der Waals surface area contributed by atoms with Crippen LogP contribution in [0.2, 0.25) is 0 Å². The molecule has 81 heavy (non-hydrogen) atoms. The Morgan fingerprint density at radius 1 is 0.358 bits per heavy atom. The van der Waals surface area contributed by atoms with Crippen molar-refractivity contribution in [2.45, 2.75) is 56.8 Å². The standard InChI is InChI=1S/3C22H29NO4/c3*1-25-21-7-4-5-18(15-21)9-10-19-6-2-3-8-22(19)27-17-20(24)16-23-11-13-26-14-12-23/h3*2-8,15,20,24H,9-14,16-17H2,1H3/t2*20-;/m10./s1. The molecule has 3 aliphatic rings. The first-order valence-corrected chi connectivity index (χ1v) is 28.7. The summed E-state index contributed by atoms with van der Waals surface area (Å²) in [6, 6.07) is 48.6. The minimum Gasteiger partial charge on any atom is -0.497 e. The first-order valence-electron chi connectivity index (χ1n) is 28.7. The van der Waals surface area contributed by atoms with Crippen LogP contribution in [0.25, 0.3) is 0 Å². The van der Waals surface area contributed by atoms with Crippen molar-refractivity contribution in [1.29, 1.82) is 0 Å². The number of para-hydroxylation sites is 3. The Bertz CT molecular complexity index is 2390. The molecule has 3 atom stereocenters. The smallest absolute Gasteiger partial charge is 0.122 e. The number of morpholine rings is 3. The van der Waals surface area contributed by atoms with Gasteiger partial charge in [0.05, 0.1) is 61.0 Å². The maximum Gasteiger partial charge on any atom is 0.122 e. The van der Waals surface area contributed by atoms with Gasteiger partial charge < -0.3 is 58.0 Å². The Kier molecular flexibility index (Phi) is 27.4. The summed E-state index contributed by atoms with van der Waals surface area (Å²) in [4.78, 5) is 6.64. The molecule has 3 saturated heterocycles. The van der Waals surface area contributed by atoms with Crippen LogP contribution >= 0.6 is 0 Å². The van der Waals surface area contributed by atoms with Gasteiger partial charge in [0.25, 0.3) is 0 Å². The van der Waals surface area contributed by atoms with E-state index < -0.39 is 18.3 Å². The summed E-state index contributed by atoms with van der Waals surface area (Å²) in [7, 11) is 5.05. The molecule has 0 saturated carbocycles. The Hall–Kier alpha value is -6.24. The van der Waals surface area contributed by atoms with Crippen molar-refractivity contribution < 1.29 is 58.0 Å². The molecule has 6 aromatic rings. The zero-order valence-corrected chi connectivity index (χ0v) is 47.9. The molecule has 0 amide bonds. The van der Waals surface area contributed by atoms with E-state index in [1.54, 1.807) is 21.3 Å². The second-order valence-electron chi connectivity index (χ2n) is 20.5. The van der Waals surface area contributed by atoms with Crippen LogP contribution < -0.4 is 28.4 Å². The number of aryl methyl sites for hydroxylation is 6. The van der Waals surface area contributed by atoms with E-state index in [0.29, 0.717) is 39.5 Å². The van der Waals surface area contributed by atoms with Crippen LogP contribution in [0.15, 0.2) is 146 Å². The molecular weight excluding hydrogens is 1030 g/mol. The van der Waals surface area contributed by atoms with Crippen molar-refractivity contribution in [3.63, 3.8) is 0 Å². The Morgan fingerprint density at radius 3 is 0.901 bits per heavy atom. The number of aliphatic hydroxyl groups excluding tert-OH is 3. The summed E-state index contributed by atoms with van der Waals surface area (Å²) in [5.41, 5.74) is 7.15. The van der Waals surface area contributed by atoms with Crippen LogP contribution in [0.1, 0.15) is 33.4 Å². The SMILES string of the molecule is COc1cccc(CCc2ccccc2OCC(O)CN2CCOCC2)c1.COc1cccc(CCc2ccccc2OC[C@@H](O)CN2CCOCC2)c1.COc1cccc(CCc2ccccc2OC[C@H](O)CN2CCOCC2)c1. The molecule has 0 radical (unpaired) electrons. The van der Waals surface area contributed by atoms with Gasteiger partial charge in [-0.15, -0.1) is 0 Å². The number of nitrogens with zero attached hydrogens (tertiary/aromatic N) is 3. The minimum absolute atomic E-state index is 0.299. The van der Waals surface area contributed by atoms with Crippen LogP contribution in [-0.4, -0.2) is 188 Å². The average Bonchev–Trinajstić information content (AvgIpc) is 3.52. The second-order valence-corrected chi connectivity index (χ2v) is 20.5. The maximum absolute atomic E-state index is 10.3. The Morgan fingerprint density at radius 2 is 0.630 bits per heavy atom. The van der Waals surface area contributed by atoms with Crippen LogP contribution in [0.5, 0.6) is 34.5 Å². The highest BCUT2D eigenvalue weighted by molar-refractivity contribution is 5.38. The van der Waals surface area contributed by atoms with Gasteiger partial charge in [-0.2, -0.15) is 0 Å². The lowest BCUT2D eigenvalue weighted by atomic mass is 10.0. The number of β-amino-alcohol motifs (C(OH)–C–C–N with tert-alkyl or cyclic N) is 3. The fourth-order valence-corrected chi connectivity index (χ4v) is 9.84. The molecule has 3 heterocycles. The first-order chi connectivity index (χ1) is 39.7. The first kappa shape index (κ1) is 62.4. The van der Waals surface area contributed by atoms with Crippen LogP contribution in [0.3, 0.4) is 0 Å². The summed E-state index contributed by atoms with van der Waals surface area (Å²) in [6.45, 7) is 12.4. The number of benzene rings is 6. The molecule has 0 aromatic heterocycles. The number of rotatable bonds is 27. The highest BCUT2D eigenvalue weighted by Gasteiger charge is 2.19. The zero-order valence-electron chi connectivity index (χ0n) is 47.9. The summed E-state index contributed by atoms with van der Waals surface area (Å²) < 4.78 is 49.7. The van der Waals surface area contributed by atoms with Gasteiger partial charge in [-0.25, -0.2) is 0 Å². The Balaban J connectivity index is 0.000000175. The quantitative estimate of drug-likeness (QED) is 0.0463. The second kappa shape index (κ2) is 35.6. The van der Waals surface area contributed by atoms with Crippen LogP contribution in [-0.2, 0) is 52.7 Å². The minimum atomic E-state index is -0.505. The molecule has 15 heteroatoms. The van der Waals surface area contributed by atoms with E-state index >= 15 is 0 Å². The van der Waals surface area contributed by atoms with Gasteiger partial charge in [0.15, 0.2) is 0 Å². The summed E-state index contributed by atoms with van der Waals surface area (Å²) in [5, 5.41) is 30.9. The number of hydrogen-bond acceptors (Lipinski definition) is 15. The third-order valence-corrected chi connectivity index (χ3v) is 14.4. The van der Waals surface area contributed by atoms with E-state index in [1.807, 2.05) is 91.0 Å². The largest absolute Gasteiger partial charge is 0.497 e. The highest BCUT2D eigenvalue weighted by Crippen LogP contribution is 2.25. The Labute approximate surface area is 480 Å². The third kappa shape index (κ3) is 22.9. The van der Waals surface area contributed by atoms with E-state index in [1.165, 1.54) is 16.7 Å². The van der Waals surface area contributed by atoms with Gasteiger partial charge in [-0.05, 0) is 127 Å². The third-order valence-electron chi connectivity index (χ3n) is 14.4. The fraction of sp³-hybridized carbons (Fsp3) is 0.455. The summed E-state index contributed by atoms with van der Waals surface area (Å²) in [5.74, 6) is 5.18. The number of methoxy groups -OCH3 is 3. The predicted octanol–water partition coefficient (Wildman–Crippen LogP) is 7.66. The van der Waals surface area contributed by atoms with Crippen molar-refractivity contribution in [1.82, 2.24) is 14.7 Å². The van der Waals surface area contributed by atoms with E-state index in [4.69, 9.17) is 42.6 Å². The number of hydrogen-bond donors (Lipinski definition) is 3. The lowest BCUT2D eigenvalue weighted by Gasteiger charge is -2.28. The van der Waals surface area contributed by atoms with E-state index in [9.17, 15) is 15.3 Å². The van der Waals surface area contributed by atoms with Gasteiger partial charge in [-0.1, -0.05) is 91.0 Å². The normalized spacial score (nSPS) is 16.1.